The molecular weight excluding hydrogens is 378 g/mol. The molecule has 1 aliphatic heterocycles. The third-order valence-corrected chi connectivity index (χ3v) is 6.06. The third kappa shape index (κ3) is 3.55. The minimum atomic E-state index is -0.841. The standard InChI is InChI=1S/C21H25NO5S/c1-5-26-20(24)15-11(3)9-14-18(19(15)23)17(13-7-8-28-10-13)16(12(4)22-14)21(25)27-6-2/h7-8,10-11,15,17-18H,5-6,9H2,1-4H3/t11-,15+,17+,18?/m0/s1. The topological polar surface area (TPSA) is 82.0 Å². The van der Waals surface area contributed by atoms with E-state index in [-0.39, 0.29) is 24.9 Å². The van der Waals surface area contributed by atoms with Gasteiger partial charge in [0.15, 0.2) is 5.78 Å². The normalized spacial score (nSPS) is 27.1. The molecule has 3 rings (SSSR count). The van der Waals surface area contributed by atoms with Crippen molar-refractivity contribution in [2.24, 2.45) is 22.7 Å². The smallest absolute Gasteiger partial charge is 0.336 e. The van der Waals surface area contributed by atoms with Crippen LogP contribution < -0.4 is 0 Å². The second kappa shape index (κ2) is 8.39. The fourth-order valence-corrected chi connectivity index (χ4v) is 4.92. The van der Waals surface area contributed by atoms with Crippen LogP contribution >= 0.6 is 11.3 Å². The van der Waals surface area contributed by atoms with Crippen molar-refractivity contribution in [2.45, 2.75) is 40.0 Å². The minimum absolute atomic E-state index is 0.193. The number of ether oxygens (including phenoxy) is 2. The SMILES string of the molecule is CCOC(=O)C1=C(C)N=C2C[C@H](C)[C@@H](C(=O)OCC)C(=O)C2[C@@H]1c1ccsc1. The maximum absolute atomic E-state index is 13.5. The van der Waals surface area contributed by atoms with Crippen LogP contribution in [0.2, 0.25) is 0 Å². The molecule has 4 atom stereocenters. The molecule has 1 aromatic rings. The van der Waals surface area contributed by atoms with Crippen LogP contribution in [0.1, 0.15) is 45.6 Å². The van der Waals surface area contributed by atoms with E-state index >= 15 is 0 Å². The highest BCUT2D eigenvalue weighted by molar-refractivity contribution is 7.08. The number of carbonyl (C=O) groups excluding carboxylic acids is 3. The fraction of sp³-hybridized carbons (Fsp3) is 0.524. The first-order valence-electron chi connectivity index (χ1n) is 9.58. The van der Waals surface area contributed by atoms with Crippen LogP contribution in [-0.4, -0.2) is 36.6 Å². The number of thiophene rings is 1. The Labute approximate surface area is 168 Å². The van der Waals surface area contributed by atoms with Gasteiger partial charge >= 0.3 is 11.9 Å². The van der Waals surface area contributed by atoms with E-state index in [1.54, 1.807) is 20.8 Å². The van der Waals surface area contributed by atoms with Gasteiger partial charge in [-0.05, 0) is 55.5 Å². The predicted octanol–water partition coefficient (Wildman–Crippen LogP) is 3.53. The van der Waals surface area contributed by atoms with E-state index in [9.17, 15) is 14.4 Å². The molecule has 6 nitrogen and oxygen atoms in total. The van der Waals surface area contributed by atoms with E-state index in [4.69, 9.17) is 9.47 Å². The van der Waals surface area contributed by atoms with Crippen LogP contribution in [0.5, 0.6) is 0 Å². The van der Waals surface area contributed by atoms with Gasteiger partial charge in [0.1, 0.15) is 5.92 Å². The molecule has 28 heavy (non-hydrogen) atoms. The molecule has 0 saturated heterocycles. The molecule has 0 aromatic carbocycles. The highest BCUT2D eigenvalue weighted by Gasteiger charge is 2.51. The van der Waals surface area contributed by atoms with Gasteiger partial charge in [-0.2, -0.15) is 11.3 Å². The van der Waals surface area contributed by atoms with E-state index in [0.717, 1.165) is 11.3 Å². The van der Waals surface area contributed by atoms with Gasteiger partial charge in [0, 0.05) is 17.3 Å². The average molecular weight is 404 g/mol. The van der Waals surface area contributed by atoms with Crippen molar-refractivity contribution in [3.8, 4) is 0 Å². The lowest BCUT2D eigenvalue weighted by atomic mass is 9.64. The van der Waals surface area contributed by atoms with Crippen molar-refractivity contribution < 1.29 is 23.9 Å². The molecule has 1 saturated carbocycles. The maximum Gasteiger partial charge on any atom is 0.336 e. The van der Waals surface area contributed by atoms with Gasteiger partial charge < -0.3 is 9.47 Å². The Morgan fingerprint density at radius 3 is 2.54 bits per heavy atom. The summed E-state index contributed by atoms with van der Waals surface area (Å²) >= 11 is 1.50. The Balaban J connectivity index is 2.10. The van der Waals surface area contributed by atoms with Gasteiger partial charge in [-0.1, -0.05) is 6.92 Å². The molecule has 0 amide bonds. The van der Waals surface area contributed by atoms with E-state index in [2.05, 4.69) is 4.99 Å². The monoisotopic (exact) mass is 403 g/mol. The Morgan fingerprint density at radius 2 is 1.93 bits per heavy atom. The number of carbonyl (C=O) groups is 3. The summed E-state index contributed by atoms with van der Waals surface area (Å²) < 4.78 is 10.4. The summed E-state index contributed by atoms with van der Waals surface area (Å²) in [6.07, 6.45) is 0.522. The molecule has 150 valence electrons. The number of hydrogen-bond donors (Lipinski definition) is 0. The highest BCUT2D eigenvalue weighted by atomic mass is 32.1. The van der Waals surface area contributed by atoms with Crippen LogP contribution in [0.3, 0.4) is 0 Å². The summed E-state index contributed by atoms with van der Waals surface area (Å²) in [7, 11) is 0. The molecule has 0 N–H and O–H groups in total. The lowest BCUT2D eigenvalue weighted by Crippen LogP contribution is -2.48. The number of Topliss-reactive ketones (excluding diaryl/α,β-unsaturated/α-hetero) is 1. The molecule has 1 aliphatic carbocycles. The van der Waals surface area contributed by atoms with Crippen molar-refractivity contribution in [2.75, 3.05) is 13.2 Å². The zero-order valence-corrected chi connectivity index (χ0v) is 17.4. The average Bonchev–Trinajstić information content (AvgIpc) is 3.15. The van der Waals surface area contributed by atoms with E-state index in [0.29, 0.717) is 17.7 Å². The van der Waals surface area contributed by atoms with Crippen LogP contribution in [0.25, 0.3) is 0 Å². The number of ketones is 1. The largest absolute Gasteiger partial charge is 0.465 e. The lowest BCUT2D eigenvalue weighted by molar-refractivity contribution is -0.154. The summed E-state index contributed by atoms with van der Waals surface area (Å²) in [4.78, 5) is 43.3. The number of fused-ring (bicyclic) bond motifs is 1. The summed E-state index contributed by atoms with van der Waals surface area (Å²) in [6.45, 7) is 7.59. The Bertz CT molecular complexity index is 839. The number of aliphatic imine (C=N–C) groups is 1. The zero-order valence-electron chi connectivity index (χ0n) is 16.6. The molecule has 1 unspecified atom stereocenters. The molecule has 0 radical (unpaired) electrons. The van der Waals surface area contributed by atoms with Crippen LogP contribution in [-0.2, 0) is 23.9 Å². The Kier molecular flexibility index (Phi) is 6.13. The third-order valence-electron chi connectivity index (χ3n) is 5.36. The van der Waals surface area contributed by atoms with Crippen molar-refractivity contribution >= 4 is 34.8 Å². The second-order valence-corrected chi connectivity index (χ2v) is 7.93. The zero-order chi connectivity index (χ0) is 20.4. The van der Waals surface area contributed by atoms with Crippen LogP contribution in [0.15, 0.2) is 33.1 Å². The molecule has 1 aromatic heterocycles. The summed E-state index contributed by atoms with van der Waals surface area (Å²) in [6, 6.07) is 1.91. The van der Waals surface area contributed by atoms with E-state index < -0.39 is 29.7 Å². The van der Waals surface area contributed by atoms with Crippen LogP contribution in [0.4, 0.5) is 0 Å². The van der Waals surface area contributed by atoms with Gasteiger partial charge in [0.25, 0.3) is 0 Å². The fourth-order valence-electron chi connectivity index (χ4n) is 4.23. The molecule has 2 aliphatic rings. The quantitative estimate of drug-likeness (QED) is 0.555. The van der Waals surface area contributed by atoms with Crippen molar-refractivity contribution in [3.05, 3.63) is 33.7 Å². The van der Waals surface area contributed by atoms with Crippen LogP contribution in [0, 0.1) is 17.8 Å². The predicted molar refractivity (Wildman–Crippen MR) is 106 cm³/mol. The van der Waals surface area contributed by atoms with Gasteiger partial charge in [0.2, 0.25) is 0 Å². The molecule has 2 heterocycles. The molecule has 0 spiro atoms. The van der Waals surface area contributed by atoms with Crippen molar-refractivity contribution in [1.29, 1.82) is 0 Å². The first kappa shape index (κ1) is 20.5. The molecule has 7 heteroatoms. The Morgan fingerprint density at radius 1 is 1.21 bits per heavy atom. The molecule has 0 bridgehead atoms. The second-order valence-electron chi connectivity index (χ2n) is 7.15. The summed E-state index contributed by atoms with van der Waals surface area (Å²) in [5.74, 6) is -3.35. The van der Waals surface area contributed by atoms with Gasteiger partial charge in [-0.3, -0.25) is 14.6 Å². The lowest BCUT2D eigenvalue weighted by Gasteiger charge is -2.39. The maximum atomic E-state index is 13.5. The molecular formula is C21H25NO5S. The summed E-state index contributed by atoms with van der Waals surface area (Å²) in [5.41, 5.74) is 2.59. The van der Waals surface area contributed by atoms with Gasteiger partial charge in [-0.25, -0.2) is 4.79 Å². The number of hydrogen-bond acceptors (Lipinski definition) is 7. The number of esters is 2. The van der Waals surface area contributed by atoms with E-state index in [1.165, 1.54) is 11.3 Å². The first-order valence-corrected chi connectivity index (χ1v) is 10.5. The van der Waals surface area contributed by atoms with Crippen molar-refractivity contribution in [3.63, 3.8) is 0 Å². The molecule has 1 fully saturated rings. The Hall–Kier alpha value is -2.28. The number of nitrogens with zero attached hydrogens (tertiary/aromatic N) is 1. The number of allylic oxidation sites excluding steroid dienone is 1. The minimum Gasteiger partial charge on any atom is -0.465 e. The number of rotatable bonds is 5. The summed E-state index contributed by atoms with van der Waals surface area (Å²) in [5, 5.41) is 3.85. The van der Waals surface area contributed by atoms with Gasteiger partial charge in [-0.15, -0.1) is 0 Å². The van der Waals surface area contributed by atoms with Crippen molar-refractivity contribution in [1.82, 2.24) is 0 Å². The first-order chi connectivity index (χ1) is 13.4. The van der Waals surface area contributed by atoms with E-state index in [1.807, 2.05) is 23.8 Å². The highest BCUT2D eigenvalue weighted by Crippen LogP contribution is 2.46. The van der Waals surface area contributed by atoms with Gasteiger partial charge in [0.05, 0.1) is 24.7 Å².